The van der Waals surface area contributed by atoms with E-state index in [9.17, 15) is 9.90 Å². The van der Waals surface area contributed by atoms with E-state index < -0.39 is 6.04 Å². The van der Waals surface area contributed by atoms with E-state index in [-0.39, 0.29) is 18.1 Å². The molecule has 0 fully saturated rings. The van der Waals surface area contributed by atoms with Crippen LogP contribution in [0.1, 0.15) is 11.6 Å². The summed E-state index contributed by atoms with van der Waals surface area (Å²) in [6, 6.07) is 20.2. The van der Waals surface area contributed by atoms with Gasteiger partial charge in [0.1, 0.15) is 5.82 Å². The lowest BCUT2D eigenvalue weighted by molar-refractivity contribution is 0.276. The highest BCUT2D eigenvalue weighted by Gasteiger charge is 2.19. The van der Waals surface area contributed by atoms with Gasteiger partial charge in [0.05, 0.1) is 34.8 Å². The number of aromatic amines is 1. The number of fused-ring (bicyclic) bond motifs is 1. The van der Waals surface area contributed by atoms with Crippen molar-refractivity contribution in [3.63, 3.8) is 0 Å². The Labute approximate surface area is 222 Å². The predicted octanol–water partition coefficient (Wildman–Crippen LogP) is 4.26. The number of aliphatic hydroxyl groups excluding tert-OH is 1. The Balaban J connectivity index is 1.38. The van der Waals surface area contributed by atoms with Gasteiger partial charge in [0.15, 0.2) is 0 Å². The summed E-state index contributed by atoms with van der Waals surface area (Å²) in [4.78, 5) is 25.3. The van der Waals surface area contributed by atoms with Gasteiger partial charge < -0.3 is 20.3 Å². The highest BCUT2D eigenvalue weighted by molar-refractivity contribution is 5.83. The first kappa shape index (κ1) is 24.1. The van der Waals surface area contributed by atoms with Crippen molar-refractivity contribution in [2.75, 3.05) is 17.2 Å². The molecule has 0 aliphatic rings. The average molecular weight is 521 g/mol. The molecule has 6 rings (SSSR count). The first-order chi connectivity index (χ1) is 19.1. The monoisotopic (exact) mass is 520 g/mol. The molecular formula is C28H24N8O3. The first-order valence-electron chi connectivity index (χ1n) is 12.2. The minimum absolute atomic E-state index is 0.141. The molecule has 1 atom stereocenters. The Hall–Kier alpha value is -5.29. The molecule has 0 bridgehead atoms. The highest BCUT2D eigenvalue weighted by atomic mass is 16.5. The van der Waals surface area contributed by atoms with Gasteiger partial charge in [0.2, 0.25) is 5.82 Å². The zero-order chi connectivity index (χ0) is 26.8. The summed E-state index contributed by atoms with van der Waals surface area (Å²) in [5.74, 6) is 1.21. The van der Waals surface area contributed by atoms with Gasteiger partial charge >= 0.3 is 0 Å². The number of nitrogens with one attached hydrogen (secondary N) is 3. The zero-order valence-corrected chi connectivity index (χ0v) is 20.9. The Bertz CT molecular complexity index is 1790. The molecule has 11 nitrogen and oxygen atoms in total. The number of anilines is 3. The summed E-state index contributed by atoms with van der Waals surface area (Å²) >= 11 is 0. The Kier molecular flexibility index (Phi) is 6.31. The number of pyridine rings is 2. The summed E-state index contributed by atoms with van der Waals surface area (Å²) in [7, 11) is 1.78. The first-order valence-corrected chi connectivity index (χ1v) is 12.2. The van der Waals surface area contributed by atoms with Crippen molar-refractivity contribution in [2.45, 2.75) is 6.04 Å². The van der Waals surface area contributed by atoms with Crippen LogP contribution in [0.2, 0.25) is 0 Å². The van der Waals surface area contributed by atoms with E-state index >= 15 is 0 Å². The minimum atomic E-state index is -0.397. The molecular weight excluding hydrogens is 496 g/mol. The molecule has 0 aliphatic carbocycles. The maximum Gasteiger partial charge on any atom is 0.271 e. The molecule has 39 heavy (non-hydrogen) atoms. The number of rotatable bonds is 8. The van der Waals surface area contributed by atoms with Crippen molar-refractivity contribution >= 4 is 28.1 Å². The Morgan fingerprint density at radius 2 is 1.95 bits per heavy atom. The van der Waals surface area contributed by atoms with Crippen LogP contribution < -0.4 is 16.2 Å². The van der Waals surface area contributed by atoms with Gasteiger partial charge in [0, 0.05) is 43.0 Å². The molecule has 194 valence electrons. The second-order valence-corrected chi connectivity index (χ2v) is 8.93. The van der Waals surface area contributed by atoms with Gasteiger partial charge in [-0.25, -0.2) is 4.98 Å². The van der Waals surface area contributed by atoms with Crippen molar-refractivity contribution in [3.8, 4) is 22.8 Å². The molecule has 0 saturated heterocycles. The standard InChI is InChI=1S/C28H24N8O3/c1-36-24-12-19(9-10-20(24)27(38)34-36)31-25-13-22(32-23(16-37)17-6-3-2-4-7-17)21(15-30-25)28-33-26(35-39-28)18-8-5-11-29-14-18/h2-15,23,37H,16H2,1H3,(H,34,38)(H2,30,31,32)/t23-/m1/s1. The maximum atomic E-state index is 12.1. The summed E-state index contributed by atoms with van der Waals surface area (Å²) in [6.07, 6.45) is 4.97. The van der Waals surface area contributed by atoms with Crippen LogP contribution in [-0.2, 0) is 7.05 Å². The van der Waals surface area contributed by atoms with Crippen LogP contribution in [-0.4, -0.2) is 41.6 Å². The zero-order valence-electron chi connectivity index (χ0n) is 20.9. The lowest BCUT2D eigenvalue weighted by atomic mass is 10.1. The molecule has 4 heterocycles. The summed E-state index contributed by atoms with van der Waals surface area (Å²) < 4.78 is 7.28. The molecule has 4 aromatic heterocycles. The number of aliphatic hydroxyl groups is 1. The van der Waals surface area contributed by atoms with Gasteiger partial charge in [-0.05, 0) is 35.9 Å². The van der Waals surface area contributed by atoms with E-state index in [1.807, 2.05) is 54.6 Å². The van der Waals surface area contributed by atoms with Crippen molar-refractivity contribution in [1.29, 1.82) is 0 Å². The maximum absolute atomic E-state index is 12.1. The van der Waals surface area contributed by atoms with E-state index in [1.165, 1.54) is 0 Å². The van der Waals surface area contributed by atoms with Crippen molar-refractivity contribution in [3.05, 3.63) is 101 Å². The third-order valence-electron chi connectivity index (χ3n) is 6.34. The summed E-state index contributed by atoms with van der Waals surface area (Å²) in [5, 5.41) is 24.4. The summed E-state index contributed by atoms with van der Waals surface area (Å²) in [5.41, 5.74) is 4.21. The fourth-order valence-corrected chi connectivity index (χ4v) is 4.37. The fourth-order valence-electron chi connectivity index (χ4n) is 4.37. The van der Waals surface area contributed by atoms with Gasteiger partial charge in [-0.1, -0.05) is 35.5 Å². The molecule has 0 amide bonds. The van der Waals surface area contributed by atoms with Crippen LogP contribution >= 0.6 is 0 Å². The second kappa shape index (κ2) is 10.2. The Morgan fingerprint density at radius 3 is 2.74 bits per heavy atom. The molecule has 0 spiro atoms. The largest absolute Gasteiger partial charge is 0.394 e. The van der Waals surface area contributed by atoms with Crippen molar-refractivity contribution < 1.29 is 9.63 Å². The van der Waals surface area contributed by atoms with Crippen LogP contribution in [0.5, 0.6) is 0 Å². The van der Waals surface area contributed by atoms with Crippen molar-refractivity contribution in [2.24, 2.45) is 7.05 Å². The normalized spacial score (nSPS) is 11.9. The molecule has 0 saturated carbocycles. The second-order valence-electron chi connectivity index (χ2n) is 8.93. The quantitative estimate of drug-likeness (QED) is 0.231. The SMILES string of the molecule is Cn1[nH]c(=O)c2ccc(Nc3cc(N[C@H](CO)c4ccccc4)c(-c4nc(-c5cccnc5)no4)cn3)cc21. The molecule has 6 aromatic rings. The van der Waals surface area contributed by atoms with E-state index in [0.717, 1.165) is 22.3 Å². The number of nitrogens with zero attached hydrogens (tertiary/aromatic N) is 5. The van der Waals surface area contributed by atoms with E-state index in [0.29, 0.717) is 28.3 Å². The topological polar surface area (TPSA) is 147 Å². The van der Waals surface area contributed by atoms with Crippen LogP contribution in [0.15, 0.2) is 94.6 Å². The highest BCUT2D eigenvalue weighted by Crippen LogP contribution is 2.33. The van der Waals surface area contributed by atoms with Gasteiger partial charge in [-0.2, -0.15) is 4.98 Å². The van der Waals surface area contributed by atoms with Crippen LogP contribution in [0.25, 0.3) is 33.7 Å². The van der Waals surface area contributed by atoms with Gasteiger partial charge in [-0.15, -0.1) is 0 Å². The predicted molar refractivity (Wildman–Crippen MR) is 147 cm³/mol. The lowest BCUT2D eigenvalue weighted by Gasteiger charge is -2.20. The number of benzene rings is 2. The molecule has 4 N–H and O–H groups in total. The average Bonchev–Trinajstić information content (AvgIpc) is 3.57. The van der Waals surface area contributed by atoms with E-state index in [1.54, 1.807) is 42.5 Å². The minimum Gasteiger partial charge on any atom is -0.394 e. The smallest absolute Gasteiger partial charge is 0.271 e. The number of aromatic nitrogens is 6. The van der Waals surface area contributed by atoms with E-state index in [4.69, 9.17) is 4.52 Å². The van der Waals surface area contributed by atoms with Crippen LogP contribution in [0.4, 0.5) is 17.2 Å². The number of H-pyrrole nitrogens is 1. The Morgan fingerprint density at radius 1 is 1.08 bits per heavy atom. The van der Waals surface area contributed by atoms with Crippen molar-refractivity contribution in [1.82, 2.24) is 29.9 Å². The number of hydrogen-bond donors (Lipinski definition) is 4. The molecule has 11 heteroatoms. The molecule has 2 aromatic carbocycles. The molecule has 0 radical (unpaired) electrons. The van der Waals surface area contributed by atoms with E-state index in [2.05, 4.69) is 35.8 Å². The third-order valence-corrected chi connectivity index (χ3v) is 6.34. The third kappa shape index (κ3) is 4.86. The van der Waals surface area contributed by atoms with Crippen LogP contribution in [0.3, 0.4) is 0 Å². The number of hydrogen-bond acceptors (Lipinski definition) is 9. The summed E-state index contributed by atoms with van der Waals surface area (Å²) in [6.45, 7) is -0.141. The number of aryl methyl sites for hydroxylation is 1. The molecule has 0 aliphatic heterocycles. The lowest BCUT2D eigenvalue weighted by Crippen LogP contribution is -2.15. The van der Waals surface area contributed by atoms with Gasteiger partial charge in [-0.3, -0.25) is 19.6 Å². The van der Waals surface area contributed by atoms with Gasteiger partial charge in [0.25, 0.3) is 11.4 Å². The van der Waals surface area contributed by atoms with Crippen LogP contribution in [0, 0.1) is 0 Å². The molecule has 0 unspecified atom stereocenters. The fraction of sp³-hybridized carbons (Fsp3) is 0.107.